The lowest BCUT2D eigenvalue weighted by Crippen LogP contribution is -2.67. The molecular formula is C41H48O15. The Kier molecular flexibility index (Phi) is 15.9. The van der Waals surface area contributed by atoms with Crippen LogP contribution in [0.3, 0.4) is 0 Å². The summed E-state index contributed by atoms with van der Waals surface area (Å²) >= 11 is 0. The van der Waals surface area contributed by atoms with E-state index >= 15 is 0 Å². The molecule has 0 bridgehead atoms. The second kappa shape index (κ2) is 21.0. The highest BCUT2D eigenvalue weighted by molar-refractivity contribution is 5.68. The third-order valence-corrected chi connectivity index (χ3v) is 8.81. The zero-order chi connectivity index (χ0) is 40.0. The summed E-state index contributed by atoms with van der Waals surface area (Å²) in [7, 11) is 0. The summed E-state index contributed by atoms with van der Waals surface area (Å²) in [6, 6.07) is 28.0. The molecule has 2 aliphatic heterocycles. The fourth-order valence-corrected chi connectivity index (χ4v) is 6.42. The highest BCUT2D eigenvalue weighted by Gasteiger charge is 2.56. The van der Waals surface area contributed by atoms with Gasteiger partial charge in [-0.3, -0.25) is 19.2 Å². The van der Waals surface area contributed by atoms with E-state index in [0.29, 0.717) is 0 Å². The van der Waals surface area contributed by atoms with E-state index in [4.69, 9.17) is 47.4 Å². The smallest absolute Gasteiger partial charge is 0.303 e. The fraction of sp³-hybridized carbons (Fsp3) is 0.463. The molecular weight excluding hydrogens is 732 g/mol. The first-order chi connectivity index (χ1) is 27.0. The van der Waals surface area contributed by atoms with Crippen LogP contribution in [-0.4, -0.2) is 104 Å². The molecule has 15 heteroatoms. The number of carbonyl (C=O) groups excluding carboxylic acids is 4. The average Bonchev–Trinajstić information content (AvgIpc) is 3.16. The van der Waals surface area contributed by atoms with Crippen molar-refractivity contribution in [1.82, 2.24) is 0 Å². The van der Waals surface area contributed by atoms with Crippen LogP contribution in [0, 0.1) is 0 Å². The highest BCUT2D eigenvalue weighted by atomic mass is 16.8. The van der Waals surface area contributed by atoms with Gasteiger partial charge in [0.15, 0.2) is 30.9 Å². The fourth-order valence-electron chi connectivity index (χ4n) is 6.42. The number of rotatable bonds is 17. The molecule has 3 aromatic carbocycles. The molecule has 1 N–H and O–H groups in total. The van der Waals surface area contributed by atoms with E-state index in [0.717, 1.165) is 37.5 Å². The number of aliphatic hydroxyl groups excluding tert-OH is 1. The van der Waals surface area contributed by atoms with E-state index in [1.54, 1.807) is 0 Å². The number of ether oxygens (including phenoxy) is 10. The monoisotopic (exact) mass is 780 g/mol. The maximum absolute atomic E-state index is 12.6. The molecule has 0 unspecified atom stereocenters. The van der Waals surface area contributed by atoms with Gasteiger partial charge in [0.25, 0.3) is 0 Å². The van der Waals surface area contributed by atoms with E-state index in [2.05, 4.69) is 0 Å². The molecule has 302 valence electrons. The zero-order valence-electron chi connectivity index (χ0n) is 31.6. The van der Waals surface area contributed by atoms with Gasteiger partial charge in [-0.2, -0.15) is 0 Å². The van der Waals surface area contributed by atoms with Gasteiger partial charge in [0, 0.05) is 27.7 Å². The lowest BCUT2D eigenvalue weighted by Gasteiger charge is -2.48. The van der Waals surface area contributed by atoms with Crippen LogP contribution >= 0.6 is 0 Å². The van der Waals surface area contributed by atoms with Gasteiger partial charge >= 0.3 is 23.9 Å². The molecule has 0 aliphatic carbocycles. The first kappa shape index (κ1) is 42.4. The van der Waals surface area contributed by atoms with E-state index in [-0.39, 0.29) is 26.4 Å². The molecule has 2 heterocycles. The van der Waals surface area contributed by atoms with Crippen LogP contribution in [0.2, 0.25) is 0 Å². The largest absolute Gasteiger partial charge is 0.463 e. The molecule has 0 amide bonds. The number of hydrogen-bond donors (Lipinski definition) is 1. The molecule has 0 aromatic heterocycles. The topological polar surface area (TPSA) is 181 Å². The minimum Gasteiger partial charge on any atom is -0.463 e. The highest BCUT2D eigenvalue weighted by Crippen LogP contribution is 2.35. The summed E-state index contributed by atoms with van der Waals surface area (Å²) in [5, 5.41) is 11.6. The van der Waals surface area contributed by atoms with E-state index in [9.17, 15) is 24.3 Å². The first-order valence-electron chi connectivity index (χ1n) is 18.2. The summed E-state index contributed by atoms with van der Waals surface area (Å²) in [4.78, 5) is 49.4. The number of esters is 4. The first-order valence-corrected chi connectivity index (χ1v) is 18.2. The van der Waals surface area contributed by atoms with Gasteiger partial charge in [-0.05, 0) is 16.7 Å². The molecule has 2 saturated heterocycles. The van der Waals surface area contributed by atoms with Crippen molar-refractivity contribution in [2.24, 2.45) is 0 Å². The Hall–Kier alpha value is -4.74. The summed E-state index contributed by atoms with van der Waals surface area (Å²) in [5.74, 6) is -3.06. The Morgan fingerprint density at radius 1 is 0.518 bits per heavy atom. The molecule has 0 spiro atoms. The van der Waals surface area contributed by atoms with Gasteiger partial charge in [-0.25, -0.2) is 0 Å². The Morgan fingerprint density at radius 2 is 0.982 bits per heavy atom. The third kappa shape index (κ3) is 12.4. The van der Waals surface area contributed by atoms with Crippen molar-refractivity contribution >= 4 is 23.9 Å². The van der Waals surface area contributed by atoms with Gasteiger partial charge in [-0.15, -0.1) is 0 Å². The summed E-state index contributed by atoms with van der Waals surface area (Å²) in [6.45, 7) is 4.35. The minimum absolute atomic E-state index is 0.0188. The number of aliphatic hydroxyl groups is 1. The Labute approximate surface area is 325 Å². The Morgan fingerprint density at radius 3 is 1.50 bits per heavy atom. The third-order valence-electron chi connectivity index (χ3n) is 8.81. The quantitative estimate of drug-likeness (QED) is 0.155. The minimum atomic E-state index is -1.61. The molecule has 2 aliphatic rings. The molecule has 5 rings (SSSR count). The normalized spacial score (nSPS) is 27.4. The predicted molar refractivity (Wildman–Crippen MR) is 194 cm³/mol. The maximum atomic E-state index is 12.6. The Bertz CT molecular complexity index is 1690. The van der Waals surface area contributed by atoms with Crippen LogP contribution < -0.4 is 0 Å². The standard InChI is InChI=1S/C41H48O15/c1-25(42)48-24-33-35(51-26(2)43)37(52-27(3)44)39(53-28(4)45)41(55-33)56-36-34(49-21-30-16-10-6-11-17-30)32(23-47-20-29-14-8-5-9-15-29)54-40(46)38(36)50-22-31-18-12-7-13-19-31/h5-19,32-41,46H,20-24H2,1-4H3/t32-,33-,34-,35+,36+,37+,38-,39-,40+,41-/m1/s1. The van der Waals surface area contributed by atoms with Crippen molar-refractivity contribution in [1.29, 1.82) is 0 Å². The average molecular weight is 781 g/mol. The molecule has 0 radical (unpaired) electrons. The van der Waals surface area contributed by atoms with Gasteiger partial charge in [-0.1, -0.05) is 91.0 Å². The lowest BCUT2D eigenvalue weighted by molar-refractivity contribution is -0.366. The van der Waals surface area contributed by atoms with Crippen LogP contribution in [0.1, 0.15) is 44.4 Å². The molecule has 10 atom stereocenters. The lowest BCUT2D eigenvalue weighted by atomic mass is 9.96. The van der Waals surface area contributed by atoms with Crippen molar-refractivity contribution in [2.75, 3.05) is 13.2 Å². The maximum Gasteiger partial charge on any atom is 0.303 e. The van der Waals surface area contributed by atoms with Crippen molar-refractivity contribution < 1.29 is 71.7 Å². The van der Waals surface area contributed by atoms with Crippen LogP contribution in [0.5, 0.6) is 0 Å². The van der Waals surface area contributed by atoms with Gasteiger partial charge in [0.05, 0.1) is 26.4 Å². The molecule has 15 nitrogen and oxygen atoms in total. The second-order valence-corrected chi connectivity index (χ2v) is 13.3. The predicted octanol–water partition coefficient (Wildman–Crippen LogP) is 3.56. The van der Waals surface area contributed by atoms with Gasteiger partial charge < -0.3 is 52.5 Å². The van der Waals surface area contributed by atoms with Crippen LogP contribution in [0.25, 0.3) is 0 Å². The molecule has 2 fully saturated rings. The van der Waals surface area contributed by atoms with Crippen LogP contribution in [0.15, 0.2) is 91.0 Å². The zero-order valence-corrected chi connectivity index (χ0v) is 31.6. The van der Waals surface area contributed by atoms with E-state index in [1.807, 2.05) is 91.0 Å². The van der Waals surface area contributed by atoms with Crippen molar-refractivity contribution in [3.05, 3.63) is 108 Å². The van der Waals surface area contributed by atoms with Crippen molar-refractivity contribution in [3.8, 4) is 0 Å². The van der Waals surface area contributed by atoms with E-state index < -0.39 is 91.9 Å². The number of benzene rings is 3. The second-order valence-electron chi connectivity index (χ2n) is 13.3. The van der Waals surface area contributed by atoms with Crippen LogP contribution in [-0.2, 0) is 86.4 Å². The summed E-state index contributed by atoms with van der Waals surface area (Å²) in [5.41, 5.74) is 2.50. The summed E-state index contributed by atoms with van der Waals surface area (Å²) < 4.78 is 60.2. The summed E-state index contributed by atoms with van der Waals surface area (Å²) in [6.07, 6.45) is -13.5. The molecule has 0 saturated carbocycles. The Balaban J connectivity index is 1.54. The number of carbonyl (C=O) groups is 4. The van der Waals surface area contributed by atoms with Crippen LogP contribution in [0.4, 0.5) is 0 Å². The van der Waals surface area contributed by atoms with E-state index in [1.165, 1.54) is 6.92 Å². The van der Waals surface area contributed by atoms with Crippen molar-refractivity contribution in [2.45, 2.75) is 109 Å². The molecule has 56 heavy (non-hydrogen) atoms. The molecule has 3 aromatic rings. The van der Waals surface area contributed by atoms with Crippen molar-refractivity contribution in [3.63, 3.8) is 0 Å². The van der Waals surface area contributed by atoms with Gasteiger partial charge in [0.2, 0.25) is 0 Å². The number of hydrogen-bond acceptors (Lipinski definition) is 15. The SMILES string of the molecule is CC(=O)OC[C@H]1O[C@H](O[C@@H]2[C@@H](OCc3ccccc3)[C@@H](O)O[C@H](COCc3ccccc3)[C@H]2OCc2ccccc2)[C@H](OC(C)=O)[C@@H](OC(C)=O)[C@H]1OC(C)=O. The van der Waals surface area contributed by atoms with Gasteiger partial charge in [0.1, 0.15) is 37.1 Å².